The van der Waals surface area contributed by atoms with Crippen molar-refractivity contribution >= 4 is 17.2 Å². The molecular formula is C10H13N3OS. The lowest BCUT2D eigenvalue weighted by molar-refractivity contribution is -0.126. The first-order valence-corrected chi connectivity index (χ1v) is 5.44. The molecule has 0 aliphatic rings. The van der Waals surface area contributed by atoms with E-state index >= 15 is 0 Å². The molecule has 4 nitrogen and oxygen atoms in total. The minimum absolute atomic E-state index is 0.252. The van der Waals surface area contributed by atoms with Gasteiger partial charge in [0.1, 0.15) is 5.41 Å². The molecule has 0 unspecified atom stereocenters. The monoisotopic (exact) mass is 223 g/mol. The van der Waals surface area contributed by atoms with Crippen molar-refractivity contribution < 1.29 is 4.79 Å². The Morgan fingerprint density at radius 2 is 2.40 bits per heavy atom. The van der Waals surface area contributed by atoms with Gasteiger partial charge in [0, 0.05) is 4.88 Å². The van der Waals surface area contributed by atoms with Crippen molar-refractivity contribution in [1.82, 2.24) is 10.3 Å². The summed E-state index contributed by atoms with van der Waals surface area (Å²) < 4.78 is 0. The number of nitriles is 1. The largest absolute Gasteiger partial charge is 0.350 e. The van der Waals surface area contributed by atoms with E-state index in [0.717, 1.165) is 10.6 Å². The van der Waals surface area contributed by atoms with E-state index in [1.54, 1.807) is 19.4 Å². The Morgan fingerprint density at radius 3 is 2.87 bits per heavy atom. The van der Waals surface area contributed by atoms with Crippen LogP contribution in [0.25, 0.3) is 0 Å². The van der Waals surface area contributed by atoms with Gasteiger partial charge < -0.3 is 5.32 Å². The maximum atomic E-state index is 11.6. The van der Waals surface area contributed by atoms with Crippen LogP contribution in [0.5, 0.6) is 0 Å². The van der Waals surface area contributed by atoms with E-state index in [2.05, 4.69) is 10.3 Å². The Morgan fingerprint density at radius 1 is 1.73 bits per heavy atom. The third-order valence-corrected chi connectivity index (χ3v) is 3.04. The molecule has 0 saturated heterocycles. The van der Waals surface area contributed by atoms with Gasteiger partial charge in [0.15, 0.2) is 0 Å². The average Bonchev–Trinajstić information content (AvgIpc) is 2.60. The molecule has 1 rings (SSSR count). The Hall–Kier alpha value is -1.41. The van der Waals surface area contributed by atoms with Crippen molar-refractivity contribution in [3.63, 3.8) is 0 Å². The van der Waals surface area contributed by atoms with Gasteiger partial charge in [0.05, 0.1) is 23.8 Å². The van der Waals surface area contributed by atoms with E-state index in [-0.39, 0.29) is 5.91 Å². The van der Waals surface area contributed by atoms with Crippen LogP contribution in [0, 0.1) is 23.7 Å². The molecule has 5 heteroatoms. The molecule has 80 valence electrons. The van der Waals surface area contributed by atoms with Gasteiger partial charge in [-0.05, 0) is 20.8 Å². The van der Waals surface area contributed by atoms with Crippen LogP contribution in [-0.2, 0) is 11.3 Å². The Bertz CT molecular complexity index is 403. The summed E-state index contributed by atoms with van der Waals surface area (Å²) in [4.78, 5) is 16.7. The first kappa shape index (κ1) is 11.7. The van der Waals surface area contributed by atoms with Crippen LogP contribution in [0.3, 0.4) is 0 Å². The fourth-order valence-electron chi connectivity index (χ4n) is 0.928. The number of hydrogen-bond acceptors (Lipinski definition) is 4. The van der Waals surface area contributed by atoms with Crippen LogP contribution in [0.2, 0.25) is 0 Å². The standard InChI is InChI=1S/C10H13N3OS/c1-7-8(15-6-13-7)4-12-9(14)10(2,3)5-11/h6H,4H2,1-3H3,(H,12,14). The Labute approximate surface area is 92.9 Å². The smallest absolute Gasteiger partial charge is 0.240 e. The van der Waals surface area contributed by atoms with E-state index < -0.39 is 5.41 Å². The number of carbonyl (C=O) groups excluding carboxylic acids is 1. The van der Waals surface area contributed by atoms with Gasteiger partial charge in [0.2, 0.25) is 5.91 Å². The average molecular weight is 223 g/mol. The van der Waals surface area contributed by atoms with Crippen LogP contribution in [0.4, 0.5) is 0 Å². The minimum atomic E-state index is -0.974. The molecular weight excluding hydrogens is 210 g/mol. The summed E-state index contributed by atoms with van der Waals surface area (Å²) in [6.45, 7) is 5.54. The predicted molar refractivity (Wildman–Crippen MR) is 58.1 cm³/mol. The highest BCUT2D eigenvalue weighted by atomic mass is 32.1. The maximum Gasteiger partial charge on any atom is 0.240 e. The third-order valence-electron chi connectivity index (χ3n) is 2.10. The summed E-state index contributed by atoms with van der Waals surface area (Å²) >= 11 is 1.50. The summed E-state index contributed by atoms with van der Waals surface area (Å²) in [7, 11) is 0. The molecule has 0 spiro atoms. The van der Waals surface area contributed by atoms with E-state index in [9.17, 15) is 4.79 Å². The van der Waals surface area contributed by atoms with Crippen molar-refractivity contribution in [3.8, 4) is 6.07 Å². The summed E-state index contributed by atoms with van der Waals surface area (Å²) in [5.74, 6) is -0.252. The zero-order chi connectivity index (χ0) is 11.5. The van der Waals surface area contributed by atoms with Gasteiger partial charge in [0.25, 0.3) is 0 Å². The van der Waals surface area contributed by atoms with E-state index in [4.69, 9.17) is 5.26 Å². The first-order valence-electron chi connectivity index (χ1n) is 4.56. The quantitative estimate of drug-likeness (QED) is 0.846. The molecule has 0 fully saturated rings. The lowest BCUT2D eigenvalue weighted by atomic mass is 9.95. The molecule has 0 aliphatic heterocycles. The highest BCUT2D eigenvalue weighted by molar-refractivity contribution is 7.09. The van der Waals surface area contributed by atoms with Gasteiger partial charge in [-0.2, -0.15) is 5.26 Å². The van der Waals surface area contributed by atoms with Crippen molar-refractivity contribution in [1.29, 1.82) is 5.26 Å². The lowest BCUT2D eigenvalue weighted by Gasteiger charge is -2.14. The Balaban J connectivity index is 2.56. The second kappa shape index (κ2) is 4.41. The predicted octanol–water partition coefficient (Wildman–Crippen LogP) is 1.62. The minimum Gasteiger partial charge on any atom is -0.350 e. The van der Waals surface area contributed by atoms with Crippen molar-refractivity contribution in [3.05, 3.63) is 16.1 Å². The normalized spacial score (nSPS) is 10.8. The summed E-state index contributed by atoms with van der Waals surface area (Å²) in [6, 6.07) is 1.96. The molecule has 1 aromatic rings. The summed E-state index contributed by atoms with van der Waals surface area (Å²) in [5, 5.41) is 11.5. The van der Waals surface area contributed by atoms with Gasteiger partial charge in [-0.25, -0.2) is 4.98 Å². The van der Waals surface area contributed by atoms with E-state index in [1.807, 2.05) is 13.0 Å². The van der Waals surface area contributed by atoms with Crippen molar-refractivity contribution in [2.75, 3.05) is 0 Å². The molecule has 0 bridgehead atoms. The maximum absolute atomic E-state index is 11.6. The van der Waals surface area contributed by atoms with Gasteiger partial charge >= 0.3 is 0 Å². The first-order chi connectivity index (χ1) is 6.97. The number of carbonyl (C=O) groups is 1. The molecule has 1 heterocycles. The van der Waals surface area contributed by atoms with Crippen LogP contribution >= 0.6 is 11.3 Å². The van der Waals surface area contributed by atoms with Crippen LogP contribution in [0.15, 0.2) is 5.51 Å². The molecule has 0 atom stereocenters. The molecule has 0 aromatic carbocycles. The molecule has 0 aliphatic carbocycles. The number of nitrogens with zero attached hydrogens (tertiary/aromatic N) is 2. The third kappa shape index (κ3) is 2.77. The number of hydrogen-bond donors (Lipinski definition) is 1. The molecule has 1 amide bonds. The highest BCUT2D eigenvalue weighted by Gasteiger charge is 2.26. The van der Waals surface area contributed by atoms with Crippen molar-refractivity contribution in [2.45, 2.75) is 27.3 Å². The van der Waals surface area contributed by atoms with Gasteiger partial charge in [-0.3, -0.25) is 4.79 Å². The second-order valence-corrected chi connectivity index (χ2v) is 4.72. The number of rotatable bonds is 3. The fraction of sp³-hybridized carbons (Fsp3) is 0.500. The zero-order valence-electron chi connectivity index (χ0n) is 9.00. The number of amides is 1. The SMILES string of the molecule is Cc1ncsc1CNC(=O)C(C)(C)C#N. The fourth-order valence-corrected chi connectivity index (χ4v) is 1.65. The molecule has 15 heavy (non-hydrogen) atoms. The zero-order valence-corrected chi connectivity index (χ0v) is 9.81. The lowest BCUT2D eigenvalue weighted by Crippen LogP contribution is -2.35. The molecule has 1 aromatic heterocycles. The number of thiazole rings is 1. The van der Waals surface area contributed by atoms with Crippen LogP contribution < -0.4 is 5.32 Å². The topological polar surface area (TPSA) is 65.8 Å². The van der Waals surface area contributed by atoms with E-state index in [1.165, 1.54) is 11.3 Å². The van der Waals surface area contributed by atoms with Gasteiger partial charge in [-0.1, -0.05) is 0 Å². The molecule has 1 N–H and O–H groups in total. The van der Waals surface area contributed by atoms with Crippen LogP contribution in [0.1, 0.15) is 24.4 Å². The summed E-state index contributed by atoms with van der Waals surface area (Å²) in [5.41, 5.74) is 1.69. The second-order valence-electron chi connectivity index (χ2n) is 3.78. The molecule has 0 saturated carbocycles. The highest BCUT2D eigenvalue weighted by Crippen LogP contribution is 2.15. The molecule has 0 radical (unpaired) electrons. The number of nitrogens with one attached hydrogen (secondary N) is 1. The number of aromatic nitrogens is 1. The van der Waals surface area contributed by atoms with Crippen molar-refractivity contribution in [2.24, 2.45) is 5.41 Å². The van der Waals surface area contributed by atoms with Gasteiger partial charge in [-0.15, -0.1) is 11.3 Å². The Kier molecular flexibility index (Phi) is 3.43. The number of aryl methyl sites for hydroxylation is 1. The van der Waals surface area contributed by atoms with Crippen LogP contribution in [-0.4, -0.2) is 10.9 Å². The van der Waals surface area contributed by atoms with E-state index in [0.29, 0.717) is 6.54 Å². The summed E-state index contributed by atoms with van der Waals surface area (Å²) in [6.07, 6.45) is 0.